The Hall–Kier alpha value is -0.880. The SMILES string of the molecule is CCOC(=O)[C@@H]1C2CCC(CC2)[C@H]1Nc1nc(Cl)nc(C)c1Br. The fourth-order valence-corrected chi connectivity index (χ4v) is 4.52. The summed E-state index contributed by atoms with van der Waals surface area (Å²) in [7, 11) is 0. The summed E-state index contributed by atoms with van der Waals surface area (Å²) in [4.78, 5) is 20.9. The third-order valence-electron chi connectivity index (χ3n) is 5.07. The van der Waals surface area contributed by atoms with Gasteiger partial charge in [-0.25, -0.2) is 4.98 Å². The number of carbonyl (C=O) groups is 1. The van der Waals surface area contributed by atoms with Crippen LogP contribution in [0.15, 0.2) is 4.47 Å². The Morgan fingerprint density at radius 2 is 1.96 bits per heavy atom. The van der Waals surface area contributed by atoms with Crippen LogP contribution in [-0.4, -0.2) is 28.6 Å². The molecule has 0 saturated heterocycles. The summed E-state index contributed by atoms with van der Waals surface area (Å²) >= 11 is 9.51. The van der Waals surface area contributed by atoms with E-state index in [4.69, 9.17) is 16.3 Å². The molecule has 3 aliphatic rings. The van der Waals surface area contributed by atoms with E-state index in [9.17, 15) is 4.79 Å². The van der Waals surface area contributed by atoms with Crippen molar-refractivity contribution in [2.24, 2.45) is 17.8 Å². The smallest absolute Gasteiger partial charge is 0.311 e. The minimum atomic E-state index is -0.108. The van der Waals surface area contributed by atoms with Gasteiger partial charge in [0, 0.05) is 6.04 Å². The van der Waals surface area contributed by atoms with Crippen molar-refractivity contribution in [1.82, 2.24) is 9.97 Å². The van der Waals surface area contributed by atoms with Crippen LogP contribution in [-0.2, 0) is 9.53 Å². The molecule has 0 unspecified atom stereocenters. The topological polar surface area (TPSA) is 64.1 Å². The summed E-state index contributed by atoms with van der Waals surface area (Å²) in [6.07, 6.45) is 4.51. The number of halogens is 2. The van der Waals surface area contributed by atoms with Gasteiger partial charge in [-0.1, -0.05) is 0 Å². The molecule has 2 bridgehead atoms. The van der Waals surface area contributed by atoms with Gasteiger partial charge in [-0.15, -0.1) is 0 Å². The first-order valence-electron chi connectivity index (χ1n) is 8.14. The lowest BCUT2D eigenvalue weighted by Crippen LogP contribution is -2.52. The van der Waals surface area contributed by atoms with Crippen LogP contribution in [0.2, 0.25) is 5.28 Å². The first-order chi connectivity index (χ1) is 11.0. The van der Waals surface area contributed by atoms with Crippen molar-refractivity contribution in [3.63, 3.8) is 0 Å². The van der Waals surface area contributed by atoms with Gasteiger partial charge in [-0.3, -0.25) is 4.79 Å². The number of ether oxygens (including phenoxy) is 1. The number of aromatic nitrogens is 2. The fraction of sp³-hybridized carbons (Fsp3) is 0.688. The molecule has 23 heavy (non-hydrogen) atoms. The van der Waals surface area contributed by atoms with E-state index in [1.807, 2.05) is 13.8 Å². The zero-order valence-electron chi connectivity index (χ0n) is 13.3. The normalized spacial score (nSPS) is 29.4. The highest BCUT2D eigenvalue weighted by molar-refractivity contribution is 9.10. The number of hydrogen-bond donors (Lipinski definition) is 1. The molecule has 1 aromatic heterocycles. The van der Waals surface area contributed by atoms with Crippen molar-refractivity contribution >= 4 is 39.3 Å². The molecule has 1 aromatic rings. The molecule has 0 spiro atoms. The quantitative estimate of drug-likeness (QED) is 0.609. The van der Waals surface area contributed by atoms with Crippen LogP contribution < -0.4 is 5.32 Å². The number of esters is 1. The molecule has 1 heterocycles. The molecule has 0 radical (unpaired) electrons. The van der Waals surface area contributed by atoms with Crippen LogP contribution in [0.4, 0.5) is 5.82 Å². The average molecular weight is 403 g/mol. The number of nitrogens with one attached hydrogen (secondary N) is 1. The third kappa shape index (κ3) is 3.33. The van der Waals surface area contributed by atoms with Crippen molar-refractivity contribution in [2.45, 2.75) is 45.6 Å². The largest absolute Gasteiger partial charge is 0.466 e. The number of hydrogen-bond acceptors (Lipinski definition) is 5. The Bertz CT molecular complexity index is 605. The van der Waals surface area contributed by atoms with E-state index in [1.165, 1.54) is 0 Å². The summed E-state index contributed by atoms with van der Waals surface area (Å²) in [5.74, 6) is 1.33. The van der Waals surface area contributed by atoms with E-state index >= 15 is 0 Å². The van der Waals surface area contributed by atoms with Crippen LogP contribution in [0, 0.1) is 24.7 Å². The molecule has 7 heteroatoms. The van der Waals surface area contributed by atoms with Crippen LogP contribution in [0.3, 0.4) is 0 Å². The van der Waals surface area contributed by atoms with Gasteiger partial charge in [-0.05, 0) is 78.9 Å². The van der Waals surface area contributed by atoms with E-state index < -0.39 is 0 Å². The van der Waals surface area contributed by atoms with Gasteiger partial charge in [0.25, 0.3) is 0 Å². The van der Waals surface area contributed by atoms with Crippen LogP contribution in [0.1, 0.15) is 38.3 Å². The number of nitrogens with zero attached hydrogens (tertiary/aromatic N) is 2. The summed E-state index contributed by atoms with van der Waals surface area (Å²) in [6, 6.07) is 0.0446. The van der Waals surface area contributed by atoms with Crippen molar-refractivity contribution < 1.29 is 9.53 Å². The highest BCUT2D eigenvalue weighted by Crippen LogP contribution is 2.47. The second-order valence-corrected chi connectivity index (χ2v) is 7.49. The maximum atomic E-state index is 12.5. The summed E-state index contributed by atoms with van der Waals surface area (Å²) < 4.78 is 6.13. The van der Waals surface area contributed by atoms with Crippen molar-refractivity contribution in [2.75, 3.05) is 11.9 Å². The maximum absolute atomic E-state index is 12.5. The zero-order chi connectivity index (χ0) is 16.6. The lowest BCUT2D eigenvalue weighted by Gasteiger charge is -2.47. The highest BCUT2D eigenvalue weighted by atomic mass is 79.9. The molecular formula is C16H21BrClN3O2. The van der Waals surface area contributed by atoms with E-state index in [0.717, 1.165) is 35.8 Å². The monoisotopic (exact) mass is 401 g/mol. The van der Waals surface area contributed by atoms with Gasteiger partial charge in [0.1, 0.15) is 5.82 Å². The second-order valence-electron chi connectivity index (χ2n) is 6.36. The Morgan fingerprint density at radius 3 is 2.61 bits per heavy atom. The van der Waals surface area contributed by atoms with Gasteiger partial charge < -0.3 is 10.1 Å². The second kappa shape index (κ2) is 6.93. The summed E-state index contributed by atoms with van der Waals surface area (Å²) in [5.41, 5.74) is 0.779. The van der Waals surface area contributed by atoms with Gasteiger partial charge in [0.05, 0.1) is 22.7 Å². The molecular weight excluding hydrogens is 382 g/mol. The van der Waals surface area contributed by atoms with Gasteiger partial charge in [0.2, 0.25) is 5.28 Å². The van der Waals surface area contributed by atoms with Crippen LogP contribution in [0.25, 0.3) is 0 Å². The molecule has 5 nitrogen and oxygen atoms in total. The molecule has 3 saturated carbocycles. The Labute approximate surface area is 149 Å². The minimum Gasteiger partial charge on any atom is -0.466 e. The number of aryl methyl sites for hydroxylation is 1. The average Bonchev–Trinajstić information content (AvgIpc) is 2.53. The Balaban J connectivity index is 1.88. The molecule has 2 atom stereocenters. The first kappa shape index (κ1) is 17.0. The number of anilines is 1. The number of fused-ring (bicyclic) bond motifs is 3. The predicted octanol–water partition coefficient (Wildman–Crippen LogP) is 3.98. The number of carbonyl (C=O) groups excluding carboxylic acids is 1. The Kier molecular flexibility index (Phi) is 5.11. The summed E-state index contributed by atoms with van der Waals surface area (Å²) in [5, 5.41) is 3.68. The molecule has 3 aliphatic carbocycles. The lowest BCUT2D eigenvalue weighted by molar-refractivity contribution is -0.154. The fourth-order valence-electron chi connectivity index (χ4n) is 4.01. The minimum absolute atomic E-state index is 0.0446. The van der Waals surface area contributed by atoms with E-state index in [1.54, 1.807) is 0 Å². The first-order valence-corrected chi connectivity index (χ1v) is 9.31. The zero-order valence-corrected chi connectivity index (χ0v) is 15.7. The summed E-state index contributed by atoms with van der Waals surface area (Å²) in [6.45, 7) is 4.14. The highest BCUT2D eigenvalue weighted by Gasteiger charge is 2.48. The molecule has 0 aromatic carbocycles. The standard InChI is InChI=1S/C16H21BrClN3O2/c1-3-23-15(22)11-9-4-6-10(7-5-9)13(11)20-14-12(17)8(2)19-16(18)21-14/h9-11,13H,3-7H2,1-2H3,(H,19,20,21)/t9?,10?,11-,13-/m1/s1. The molecule has 0 amide bonds. The van der Waals surface area contributed by atoms with E-state index in [2.05, 4.69) is 31.2 Å². The van der Waals surface area contributed by atoms with Crippen molar-refractivity contribution in [3.05, 3.63) is 15.5 Å². The molecule has 3 fully saturated rings. The lowest BCUT2D eigenvalue weighted by atomic mass is 9.61. The van der Waals surface area contributed by atoms with E-state index in [0.29, 0.717) is 24.3 Å². The molecule has 1 N–H and O–H groups in total. The van der Waals surface area contributed by atoms with Gasteiger partial charge in [-0.2, -0.15) is 4.98 Å². The Morgan fingerprint density at radius 1 is 1.30 bits per heavy atom. The predicted molar refractivity (Wildman–Crippen MR) is 92.5 cm³/mol. The third-order valence-corrected chi connectivity index (χ3v) is 6.19. The van der Waals surface area contributed by atoms with Crippen molar-refractivity contribution in [3.8, 4) is 0 Å². The molecule has 4 rings (SSSR count). The van der Waals surface area contributed by atoms with Gasteiger partial charge >= 0.3 is 5.97 Å². The number of rotatable bonds is 4. The molecule has 0 aliphatic heterocycles. The maximum Gasteiger partial charge on any atom is 0.311 e. The van der Waals surface area contributed by atoms with Gasteiger partial charge in [0.15, 0.2) is 0 Å². The van der Waals surface area contributed by atoms with E-state index in [-0.39, 0.29) is 23.2 Å². The molecule has 126 valence electrons. The van der Waals surface area contributed by atoms with Crippen LogP contribution in [0.5, 0.6) is 0 Å². The van der Waals surface area contributed by atoms with Crippen LogP contribution >= 0.6 is 27.5 Å². The van der Waals surface area contributed by atoms with Crippen molar-refractivity contribution in [1.29, 1.82) is 0 Å².